The summed E-state index contributed by atoms with van der Waals surface area (Å²) in [4.78, 5) is 25.0. The lowest BCUT2D eigenvalue weighted by Crippen LogP contribution is -2.40. The zero-order valence-corrected chi connectivity index (χ0v) is 13.7. The molecule has 0 saturated heterocycles. The Morgan fingerprint density at radius 3 is 2.40 bits per heavy atom. The highest BCUT2D eigenvalue weighted by atomic mass is 19.4. The molecule has 0 aliphatic heterocycles. The van der Waals surface area contributed by atoms with Crippen LogP contribution in [0.5, 0.6) is 0 Å². The predicted octanol–water partition coefficient (Wildman–Crippen LogP) is 2.26. The molecule has 0 aliphatic carbocycles. The third-order valence-corrected chi connectivity index (χ3v) is 3.20. The fourth-order valence-electron chi connectivity index (χ4n) is 1.91. The highest BCUT2D eigenvalue weighted by molar-refractivity contribution is 5.84. The van der Waals surface area contributed by atoms with Crippen molar-refractivity contribution in [2.24, 2.45) is 0 Å². The van der Waals surface area contributed by atoms with Crippen molar-refractivity contribution in [3.63, 3.8) is 0 Å². The summed E-state index contributed by atoms with van der Waals surface area (Å²) in [6, 6.07) is 5.58. The van der Waals surface area contributed by atoms with Crippen molar-refractivity contribution in [2.75, 3.05) is 26.3 Å². The molecule has 0 fully saturated rings. The lowest BCUT2D eigenvalue weighted by molar-refractivity contribution is -0.175. The van der Waals surface area contributed by atoms with Crippen LogP contribution in [-0.4, -0.2) is 49.2 Å². The van der Waals surface area contributed by atoms with Gasteiger partial charge in [0.15, 0.2) is 0 Å². The van der Waals surface area contributed by atoms with Crippen LogP contribution in [0.3, 0.4) is 0 Å². The van der Waals surface area contributed by atoms with Crippen LogP contribution < -0.4 is 5.32 Å². The van der Waals surface area contributed by atoms with E-state index in [9.17, 15) is 27.2 Å². The molecule has 9 heteroatoms. The Bertz CT molecular complexity index is 561. The quantitative estimate of drug-likeness (QED) is 0.540. The highest BCUT2D eigenvalue weighted by Crippen LogP contribution is 2.14. The zero-order chi connectivity index (χ0) is 18.9. The molecule has 0 aliphatic rings. The predicted molar refractivity (Wildman–Crippen MR) is 82.0 cm³/mol. The number of alkyl halides is 3. The van der Waals surface area contributed by atoms with Gasteiger partial charge in [0, 0.05) is 13.1 Å². The lowest BCUT2D eigenvalue weighted by Gasteiger charge is -2.20. The number of nitrogens with one attached hydrogen (secondary N) is 1. The molecule has 1 rings (SSSR count). The summed E-state index contributed by atoms with van der Waals surface area (Å²) < 4.78 is 52.9. The van der Waals surface area contributed by atoms with Crippen LogP contribution in [0.1, 0.15) is 18.9 Å². The van der Waals surface area contributed by atoms with Crippen molar-refractivity contribution in [2.45, 2.75) is 26.1 Å². The summed E-state index contributed by atoms with van der Waals surface area (Å²) in [6.45, 7) is 0.0791. The van der Waals surface area contributed by atoms with Gasteiger partial charge in [-0.2, -0.15) is 13.2 Å². The molecule has 0 heterocycles. The third-order valence-electron chi connectivity index (χ3n) is 3.20. The number of hydrogen-bond donors (Lipinski definition) is 1. The number of likely N-dealkylation sites (N-methyl/N-ethyl adjacent to an activating group) is 1. The summed E-state index contributed by atoms with van der Waals surface area (Å²) in [5, 5.41) is 2.59. The molecule has 1 aromatic carbocycles. The third kappa shape index (κ3) is 9.04. The molecule has 0 bridgehead atoms. The summed E-state index contributed by atoms with van der Waals surface area (Å²) in [6.07, 6.45) is -4.68. The molecule has 0 spiro atoms. The molecule has 0 radical (unpaired) electrons. The highest BCUT2D eigenvalue weighted by Gasteiger charge is 2.27. The van der Waals surface area contributed by atoms with Gasteiger partial charge in [0.2, 0.25) is 11.8 Å². The average molecular weight is 364 g/mol. The second kappa shape index (κ2) is 9.97. The zero-order valence-electron chi connectivity index (χ0n) is 13.7. The maximum Gasteiger partial charge on any atom is 0.411 e. The van der Waals surface area contributed by atoms with Gasteiger partial charge in [0.1, 0.15) is 12.4 Å². The molecular formula is C16H20F4N2O3. The van der Waals surface area contributed by atoms with E-state index in [4.69, 9.17) is 0 Å². The SMILES string of the molecule is CCN(CC(=O)NCc1ccc(F)cc1)C(=O)CCOCC(F)(F)F. The number of amides is 2. The topological polar surface area (TPSA) is 58.6 Å². The van der Waals surface area contributed by atoms with Crippen LogP contribution in [-0.2, 0) is 20.9 Å². The number of rotatable bonds is 9. The van der Waals surface area contributed by atoms with Gasteiger partial charge in [-0.05, 0) is 24.6 Å². The van der Waals surface area contributed by atoms with Gasteiger partial charge in [-0.1, -0.05) is 12.1 Å². The molecule has 1 aromatic rings. The first kappa shape index (κ1) is 20.9. The van der Waals surface area contributed by atoms with Crippen molar-refractivity contribution in [3.8, 4) is 0 Å². The van der Waals surface area contributed by atoms with Crippen molar-refractivity contribution in [1.29, 1.82) is 0 Å². The van der Waals surface area contributed by atoms with Crippen molar-refractivity contribution >= 4 is 11.8 Å². The first-order valence-electron chi connectivity index (χ1n) is 7.64. The van der Waals surface area contributed by atoms with E-state index in [2.05, 4.69) is 10.1 Å². The summed E-state index contributed by atoms with van der Waals surface area (Å²) in [5.74, 6) is -1.28. The Morgan fingerprint density at radius 2 is 1.84 bits per heavy atom. The van der Waals surface area contributed by atoms with Crippen molar-refractivity contribution in [3.05, 3.63) is 35.6 Å². The van der Waals surface area contributed by atoms with E-state index in [1.807, 2.05) is 0 Å². The molecule has 5 nitrogen and oxygen atoms in total. The molecular weight excluding hydrogens is 344 g/mol. The summed E-state index contributed by atoms with van der Waals surface area (Å²) in [5.41, 5.74) is 0.699. The second-order valence-electron chi connectivity index (χ2n) is 5.23. The van der Waals surface area contributed by atoms with E-state index < -0.39 is 24.6 Å². The number of ether oxygens (including phenoxy) is 1. The largest absolute Gasteiger partial charge is 0.411 e. The van der Waals surface area contributed by atoms with E-state index in [1.54, 1.807) is 6.92 Å². The lowest BCUT2D eigenvalue weighted by atomic mass is 10.2. The second-order valence-corrected chi connectivity index (χ2v) is 5.23. The minimum absolute atomic E-state index is 0.180. The van der Waals surface area contributed by atoms with Crippen LogP contribution in [0.4, 0.5) is 17.6 Å². The Hall–Kier alpha value is -2.16. The number of carbonyl (C=O) groups excluding carboxylic acids is 2. The molecule has 2 amide bonds. The van der Waals surface area contributed by atoms with Gasteiger partial charge in [0.05, 0.1) is 19.6 Å². The van der Waals surface area contributed by atoms with Gasteiger partial charge in [-0.15, -0.1) is 0 Å². The summed E-state index contributed by atoms with van der Waals surface area (Å²) in [7, 11) is 0. The number of nitrogens with zero attached hydrogens (tertiary/aromatic N) is 1. The van der Waals surface area contributed by atoms with Crippen LogP contribution in [0, 0.1) is 5.82 Å². The normalized spacial score (nSPS) is 11.2. The van der Waals surface area contributed by atoms with Gasteiger partial charge in [0.25, 0.3) is 0 Å². The van der Waals surface area contributed by atoms with E-state index in [0.29, 0.717) is 5.56 Å². The Balaban J connectivity index is 2.34. The van der Waals surface area contributed by atoms with Crippen LogP contribution >= 0.6 is 0 Å². The van der Waals surface area contributed by atoms with Crippen LogP contribution in [0.2, 0.25) is 0 Å². The van der Waals surface area contributed by atoms with Gasteiger partial charge in [-0.3, -0.25) is 9.59 Å². The first-order chi connectivity index (χ1) is 11.7. The average Bonchev–Trinajstić information content (AvgIpc) is 2.55. The number of halogens is 4. The molecule has 140 valence electrons. The fraction of sp³-hybridized carbons (Fsp3) is 0.500. The van der Waals surface area contributed by atoms with Crippen molar-refractivity contribution < 1.29 is 31.9 Å². The Morgan fingerprint density at radius 1 is 1.20 bits per heavy atom. The van der Waals surface area contributed by atoms with Crippen molar-refractivity contribution in [1.82, 2.24) is 10.2 Å². The minimum Gasteiger partial charge on any atom is -0.372 e. The standard InChI is InChI=1S/C16H20F4N2O3/c1-2-22(15(24)7-8-25-11-16(18,19)20)10-14(23)21-9-12-3-5-13(17)6-4-12/h3-6H,2,7-11H2,1H3,(H,21,23). The number of hydrogen-bond acceptors (Lipinski definition) is 3. The van der Waals surface area contributed by atoms with Crippen LogP contribution in [0.25, 0.3) is 0 Å². The van der Waals surface area contributed by atoms with Gasteiger partial charge >= 0.3 is 6.18 Å². The monoisotopic (exact) mass is 364 g/mol. The minimum atomic E-state index is -4.44. The van der Waals surface area contributed by atoms with E-state index in [0.717, 1.165) is 0 Å². The Kier molecular flexibility index (Phi) is 8.33. The molecule has 0 aromatic heterocycles. The Labute approximate surface area is 142 Å². The number of benzene rings is 1. The summed E-state index contributed by atoms with van der Waals surface area (Å²) >= 11 is 0. The van der Waals surface area contributed by atoms with Gasteiger partial charge in [-0.25, -0.2) is 4.39 Å². The molecule has 0 saturated carbocycles. The van der Waals surface area contributed by atoms with E-state index in [-0.39, 0.29) is 38.5 Å². The maximum absolute atomic E-state index is 12.8. The van der Waals surface area contributed by atoms with E-state index in [1.165, 1.54) is 29.2 Å². The molecule has 0 unspecified atom stereocenters. The number of carbonyl (C=O) groups is 2. The smallest absolute Gasteiger partial charge is 0.372 e. The molecule has 25 heavy (non-hydrogen) atoms. The first-order valence-corrected chi connectivity index (χ1v) is 7.64. The maximum atomic E-state index is 12.8. The van der Waals surface area contributed by atoms with E-state index >= 15 is 0 Å². The van der Waals surface area contributed by atoms with Crippen LogP contribution in [0.15, 0.2) is 24.3 Å². The molecule has 0 atom stereocenters. The molecule has 1 N–H and O–H groups in total. The van der Waals surface area contributed by atoms with Gasteiger partial charge < -0.3 is 15.0 Å². The fourth-order valence-corrected chi connectivity index (χ4v) is 1.91.